The van der Waals surface area contributed by atoms with E-state index in [2.05, 4.69) is 25.7 Å². The van der Waals surface area contributed by atoms with Crippen molar-refractivity contribution in [1.29, 1.82) is 0 Å². The van der Waals surface area contributed by atoms with E-state index in [1.165, 1.54) is 6.42 Å². The highest BCUT2D eigenvalue weighted by Crippen LogP contribution is 2.32. The van der Waals surface area contributed by atoms with Gasteiger partial charge in [-0.1, -0.05) is 27.2 Å². The maximum atomic E-state index is 11.1. The number of hydrogen-bond acceptors (Lipinski definition) is 2. The minimum absolute atomic E-state index is 0.377. The smallest absolute Gasteiger partial charge is 0.310 e. The van der Waals surface area contributed by atoms with Gasteiger partial charge in [-0.25, -0.2) is 0 Å². The average molecular weight is 227 g/mol. The minimum atomic E-state index is -0.648. The highest BCUT2D eigenvalue weighted by atomic mass is 16.4. The second-order valence-electron chi connectivity index (χ2n) is 6.16. The fourth-order valence-corrected chi connectivity index (χ4v) is 2.06. The van der Waals surface area contributed by atoms with E-state index in [0.717, 1.165) is 25.9 Å². The number of aliphatic carboxylic acids is 1. The molecule has 1 fully saturated rings. The van der Waals surface area contributed by atoms with Gasteiger partial charge in [0.25, 0.3) is 0 Å². The molecule has 1 saturated heterocycles. The van der Waals surface area contributed by atoms with Gasteiger partial charge in [-0.3, -0.25) is 4.79 Å². The number of nitrogens with zero attached hydrogens (tertiary/aromatic N) is 1. The standard InChI is InChI=1S/C13H25NO2/c1-5-12(2,3)6-8-14-9-7-13(4,10-14)11(15)16/h5-10H2,1-4H3,(H,15,16). The molecule has 0 amide bonds. The van der Waals surface area contributed by atoms with Crippen LogP contribution < -0.4 is 0 Å². The number of carbonyl (C=O) groups is 1. The predicted molar refractivity (Wildman–Crippen MR) is 65.5 cm³/mol. The largest absolute Gasteiger partial charge is 0.481 e. The molecule has 1 rings (SSSR count). The molecule has 3 nitrogen and oxygen atoms in total. The van der Waals surface area contributed by atoms with E-state index in [-0.39, 0.29) is 0 Å². The summed E-state index contributed by atoms with van der Waals surface area (Å²) in [5, 5.41) is 9.14. The number of rotatable bonds is 5. The van der Waals surface area contributed by atoms with Crippen LogP contribution in [0.3, 0.4) is 0 Å². The summed E-state index contributed by atoms with van der Waals surface area (Å²) in [6, 6.07) is 0. The third kappa shape index (κ3) is 3.21. The summed E-state index contributed by atoms with van der Waals surface area (Å²) in [5.74, 6) is -0.648. The molecule has 0 saturated carbocycles. The molecule has 1 aliphatic heterocycles. The lowest BCUT2D eigenvalue weighted by Crippen LogP contribution is -2.33. The van der Waals surface area contributed by atoms with Gasteiger partial charge in [0, 0.05) is 6.54 Å². The van der Waals surface area contributed by atoms with E-state index >= 15 is 0 Å². The van der Waals surface area contributed by atoms with E-state index in [0.29, 0.717) is 12.0 Å². The van der Waals surface area contributed by atoms with Gasteiger partial charge in [-0.15, -0.1) is 0 Å². The molecule has 3 heteroatoms. The van der Waals surface area contributed by atoms with Crippen LogP contribution >= 0.6 is 0 Å². The normalized spacial score (nSPS) is 27.2. The van der Waals surface area contributed by atoms with Gasteiger partial charge in [0.05, 0.1) is 5.41 Å². The van der Waals surface area contributed by atoms with Gasteiger partial charge in [-0.2, -0.15) is 0 Å². The van der Waals surface area contributed by atoms with Gasteiger partial charge in [0.2, 0.25) is 0 Å². The van der Waals surface area contributed by atoms with Crippen LogP contribution in [0.1, 0.15) is 47.0 Å². The monoisotopic (exact) mass is 227 g/mol. The van der Waals surface area contributed by atoms with Gasteiger partial charge in [-0.05, 0) is 38.3 Å². The maximum Gasteiger partial charge on any atom is 0.310 e. The third-order valence-electron chi connectivity index (χ3n) is 4.13. The lowest BCUT2D eigenvalue weighted by Gasteiger charge is -2.26. The van der Waals surface area contributed by atoms with Crippen molar-refractivity contribution in [3.05, 3.63) is 0 Å². The molecular weight excluding hydrogens is 202 g/mol. The van der Waals surface area contributed by atoms with Crippen LogP contribution in [0.25, 0.3) is 0 Å². The second kappa shape index (κ2) is 4.74. The molecule has 1 N–H and O–H groups in total. The molecule has 0 bridgehead atoms. The predicted octanol–water partition coefficient (Wildman–Crippen LogP) is 2.61. The van der Waals surface area contributed by atoms with Crippen molar-refractivity contribution < 1.29 is 9.90 Å². The van der Waals surface area contributed by atoms with Crippen molar-refractivity contribution >= 4 is 5.97 Å². The zero-order valence-electron chi connectivity index (χ0n) is 11.0. The van der Waals surface area contributed by atoms with Crippen molar-refractivity contribution in [2.75, 3.05) is 19.6 Å². The zero-order chi connectivity index (χ0) is 12.4. The lowest BCUT2D eigenvalue weighted by molar-refractivity contribution is -0.147. The Kier molecular flexibility index (Phi) is 4.00. The summed E-state index contributed by atoms with van der Waals surface area (Å²) in [5.41, 5.74) is -0.140. The molecule has 0 aromatic rings. The summed E-state index contributed by atoms with van der Waals surface area (Å²) >= 11 is 0. The first-order valence-corrected chi connectivity index (χ1v) is 6.25. The summed E-state index contributed by atoms with van der Waals surface area (Å²) in [4.78, 5) is 13.4. The van der Waals surface area contributed by atoms with E-state index in [9.17, 15) is 4.79 Å². The number of likely N-dealkylation sites (tertiary alicyclic amines) is 1. The molecule has 94 valence electrons. The number of hydrogen-bond donors (Lipinski definition) is 1. The van der Waals surface area contributed by atoms with Crippen LogP contribution in [0.15, 0.2) is 0 Å². The van der Waals surface area contributed by atoms with Crippen LogP contribution in [0.4, 0.5) is 0 Å². The Bertz CT molecular complexity index is 263. The lowest BCUT2D eigenvalue weighted by atomic mass is 9.86. The van der Waals surface area contributed by atoms with Crippen molar-refractivity contribution in [3.63, 3.8) is 0 Å². The minimum Gasteiger partial charge on any atom is -0.481 e. The first-order valence-electron chi connectivity index (χ1n) is 6.25. The fourth-order valence-electron chi connectivity index (χ4n) is 2.06. The topological polar surface area (TPSA) is 40.5 Å². The van der Waals surface area contributed by atoms with Crippen LogP contribution in [0, 0.1) is 10.8 Å². The van der Waals surface area contributed by atoms with Crippen molar-refractivity contribution in [2.24, 2.45) is 10.8 Å². The van der Waals surface area contributed by atoms with Crippen molar-refractivity contribution in [2.45, 2.75) is 47.0 Å². The van der Waals surface area contributed by atoms with E-state index in [1.807, 2.05) is 6.92 Å². The van der Waals surface area contributed by atoms with Crippen molar-refractivity contribution in [3.8, 4) is 0 Å². The van der Waals surface area contributed by atoms with Crippen LogP contribution in [0.2, 0.25) is 0 Å². The van der Waals surface area contributed by atoms with Gasteiger partial charge in [0.15, 0.2) is 0 Å². The third-order valence-corrected chi connectivity index (χ3v) is 4.13. The molecule has 1 heterocycles. The highest BCUT2D eigenvalue weighted by molar-refractivity contribution is 5.74. The van der Waals surface area contributed by atoms with E-state index < -0.39 is 11.4 Å². The summed E-state index contributed by atoms with van der Waals surface area (Å²) in [6.07, 6.45) is 3.12. The molecular formula is C13H25NO2. The molecule has 1 unspecified atom stereocenters. The quantitative estimate of drug-likeness (QED) is 0.785. The Morgan fingerprint density at radius 2 is 2.12 bits per heavy atom. The molecule has 0 aliphatic carbocycles. The van der Waals surface area contributed by atoms with Crippen LogP contribution in [-0.4, -0.2) is 35.6 Å². The number of carboxylic acid groups (broad SMARTS) is 1. The Hall–Kier alpha value is -0.570. The summed E-state index contributed by atoms with van der Waals surface area (Å²) in [7, 11) is 0. The fraction of sp³-hybridized carbons (Fsp3) is 0.923. The first kappa shape index (κ1) is 13.5. The Balaban J connectivity index is 2.41. The molecule has 0 spiro atoms. The van der Waals surface area contributed by atoms with Crippen molar-refractivity contribution in [1.82, 2.24) is 4.90 Å². The van der Waals surface area contributed by atoms with Gasteiger partial charge in [0.1, 0.15) is 0 Å². The Morgan fingerprint density at radius 1 is 1.50 bits per heavy atom. The Morgan fingerprint density at radius 3 is 2.56 bits per heavy atom. The van der Waals surface area contributed by atoms with Gasteiger partial charge >= 0.3 is 5.97 Å². The van der Waals surface area contributed by atoms with Gasteiger partial charge < -0.3 is 10.0 Å². The molecule has 16 heavy (non-hydrogen) atoms. The first-order chi connectivity index (χ1) is 7.29. The molecule has 1 atom stereocenters. The zero-order valence-corrected chi connectivity index (χ0v) is 11.0. The SMILES string of the molecule is CCC(C)(C)CCN1CCC(C)(C(=O)O)C1. The average Bonchev–Trinajstić information content (AvgIpc) is 2.59. The molecule has 0 radical (unpaired) electrons. The molecule has 0 aromatic heterocycles. The summed E-state index contributed by atoms with van der Waals surface area (Å²) in [6.45, 7) is 11.3. The highest BCUT2D eigenvalue weighted by Gasteiger charge is 2.40. The van der Waals surface area contributed by atoms with Crippen LogP contribution in [-0.2, 0) is 4.79 Å². The Labute approximate surface area is 98.8 Å². The molecule has 0 aromatic carbocycles. The number of carboxylic acids is 1. The van der Waals surface area contributed by atoms with Crippen LogP contribution in [0.5, 0.6) is 0 Å². The van der Waals surface area contributed by atoms with E-state index in [4.69, 9.17) is 5.11 Å². The maximum absolute atomic E-state index is 11.1. The van der Waals surface area contributed by atoms with E-state index in [1.54, 1.807) is 0 Å². The summed E-state index contributed by atoms with van der Waals surface area (Å²) < 4.78 is 0. The molecule has 1 aliphatic rings. The second-order valence-corrected chi connectivity index (χ2v) is 6.16.